The number of hydrogen-bond donors (Lipinski definition) is 2. The summed E-state index contributed by atoms with van der Waals surface area (Å²) >= 11 is 0. The second-order valence-electron chi connectivity index (χ2n) is 5.10. The molecule has 0 saturated carbocycles. The van der Waals surface area contributed by atoms with Gasteiger partial charge in [-0.25, -0.2) is 0 Å². The Kier molecular flexibility index (Phi) is 5.84. The van der Waals surface area contributed by atoms with Crippen molar-refractivity contribution in [3.05, 3.63) is 23.8 Å². The molecule has 1 heterocycles. The van der Waals surface area contributed by atoms with Crippen LogP contribution in [-0.4, -0.2) is 25.1 Å². The molecule has 1 atom stereocenters. The number of carbonyl (C=O) groups excluding carboxylic acids is 1. The van der Waals surface area contributed by atoms with Crippen LogP contribution in [0.1, 0.15) is 31.7 Å². The molecular formula is C15H23ClN2O2. The van der Waals surface area contributed by atoms with E-state index in [1.807, 2.05) is 25.1 Å². The summed E-state index contributed by atoms with van der Waals surface area (Å²) in [5.41, 5.74) is 1.47. The fourth-order valence-electron chi connectivity index (χ4n) is 2.61. The molecule has 0 aliphatic carbocycles. The van der Waals surface area contributed by atoms with E-state index >= 15 is 0 Å². The number of ether oxygens (including phenoxy) is 1. The highest BCUT2D eigenvalue weighted by molar-refractivity contribution is 5.98. The first-order valence-corrected chi connectivity index (χ1v) is 6.82. The van der Waals surface area contributed by atoms with Crippen molar-refractivity contribution in [3.8, 4) is 5.75 Å². The minimum absolute atomic E-state index is 0. The molecule has 0 bridgehead atoms. The van der Waals surface area contributed by atoms with Gasteiger partial charge in [0.25, 0.3) is 0 Å². The third-order valence-electron chi connectivity index (χ3n) is 3.96. The van der Waals surface area contributed by atoms with Gasteiger partial charge >= 0.3 is 0 Å². The lowest BCUT2D eigenvalue weighted by Crippen LogP contribution is -2.50. The number of rotatable bonds is 4. The van der Waals surface area contributed by atoms with E-state index in [2.05, 4.69) is 17.6 Å². The summed E-state index contributed by atoms with van der Waals surface area (Å²) in [6.07, 6.45) is 2.78. The van der Waals surface area contributed by atoms with Gasteiger partial charge in [0, 0.05) is 5.69 Å². The number of hydrogen-bond acceptors (Lipinski definition) is 3. The summed E-state index contributed by atoms with van der Waals surface area (Å²) in [7, 11) is 1.64. The quantitative estimate of drug-likeness (QED) is 0.898. The Balaban J connectivity index is 0.00000200. The Morgan fingerprint density at radius 2 is 2.25 bits per heavy atom. The van der Waals surface area contributed by atoms with Gasteiger partial charge in [-0.05, 0) is 56.5 Å². The van der Waals surface area contributed by atoms with E-state index in [0.717, 1.165) is 42.8 Å². The average molecular weight is 299 g/mol. The minimum Gasteiger partial charge on any atom is -0.497 e. The van der Waals surface area contributed by atoms with Crippen molar-refractivity contribution in [1.82, 2.24) is 5.32 Å². The van der Waals surface area contributed by atoms with Gasteiger partial charge in [-0.1, -0.05) is 6.92 Å². The summed E-state index contributed by atoms with van der Waals surface area (Å²) in [4.78, 5) is 12.5. The summed E-state index contributed by atoms with van der Waals surface area (Å²) in [6.45, 7) is 4.94. The Labute approximate surface area is 126 Å². The zero-order valence-electron chi connectivity index (χ0n) is 12.3. The highest BCUT2D eigenvalue weighted by atomic mass is 35.5. The maximum Gasteiger partial charge on any atom is 0.244 e. The van der Waals surface area contributed by atoms with Crippen LogP contribution in [0.4, 0.5) is 5.69 Å². The number of halogens is 1. The van der Waals surface area contributed by atoms with Crippen LogP contribution in [0.3, 0.4) is 0 Å². The van der Waals surface area contributed by atoms with Crippen LogP contribution in [0.15, 0.2) is 18.2 Å². The van der Waals surface area contributed by atoms with Gasteiger partial charge in [0.05, 0.1) is 12.6 Å². The molecule has 0 aromatic heterocycles. The van der Waals surface area contributed by atoms with Gasteiger partial charge in [-0.3, -0.25) is 4.79 Å². The Hall–Kier alpha value is -1.26. The van der Waals surface area contributed by atoms with Crippen molar-refractivity contribution in [2.75, 3.05) is 19.0 Å². The predicted molar refractivity (Wildman–Crippen MR) is 83.9 cm³/mol. The number of nitrogens with one attached hydrogen (secondary N) is 2. The van der Waals surface area contributed by atoms with Crippen molar-refractivity contribution in [2.45, 2.75) is 38.6 Å². The summed E-state index contributed by atoms with van der Waals surface area (Å²) in [5, 5.41) is 6.38. The molecule has 1 amide bonds. The number of amides is 1. The van der Waals surface area contributed by atoms with Gasteiger partial charge in [-0.15, -0.1) is 12.4 Å². The lowest BCUT2D eigenvalue weighted by Gasteiger charge is -2.27. The molecule has 2 N–H and O–H groups in total. The predicted octanol–water partition coefficient (Wildman–Crippen LogP) is 2.90. The first-order chi connectivity index (χ1) is 9.11. The van der Waals surface area contributed by atoms with Crippen LogP contribution in [-0.2, 0) is 4.79 Å². The van der Waals surface area contributed by atoms with Gasteiger partial charge in [0.15, 0.2) is 0 Å². The van der Waals surface area contributed by atoms with Gasteiger partial charge in [0.2, 0.25) is 5.91 Å². The summed E-state index contributed by atoms with van der Waals surface area (Å²) < 4.78 is 5.17. The topological polar surface area (TPSA) is 50.4 Å². The van der Waals surface area contributed by atoms with E-state index in [9.17, 15) is 4.79 Å². The standard InChI is InChI=1S/C15H22N2O2.ClH/c1-4-15(8-5-9-16-15)14(18)17-13-7-6-12(19-3)10-11(13)2;/h6-7,10,16H,4-5,8-9H2,1-3H3,(H,17,18);1H. The molecule has 1 aliphatic heterocycles. The zero-order valence-corrected chi connectivity index (χ0v) is 13.1. The highest BCUT2D eigenvalue weighted by Gasteiger charge is 2.39. The number of aryl methyl sites for hydroxylation is 1. The highest BCUT2D eigenvalue weighted by Crippen LogP contribution is 2.27. The van der Waals surface area contributed by atoms with E-state index in [4.69, 9.17) is 4.74 Å². The molecule has 1 saturated heterocycles. The molecular weight excluding hydrogens is 276 g/mol. The van der Waals surface area contributed by atoms with Crippen molar-refractivity contribution in [2.24, 2.45) is 0 Å². The lowest BCUT2D eigenvalue weighted by atomic mass is 9.93. The molecule has 20 heavy (non-hydrogen) atoms. The molecule has 1 aromatic carbocycles. The third-order valence-corrected chi connectivity index (χ3v) is 3.96. The molecule has 1 fully saturated rings. The van der Waals surface area contributed by atoms with E-state index in [0.29, 0.717) is 0 Å². The zero-order chi connectivity index (χ0) is 13.9. The normalized spacial score (nSPS) is 21.1. The SMILES string of the molecule is CCC1(C(=O)Nc2ccc(OC)cc2C)CCCN1.Cl. The Bertz CT molecular complexity index is 471. The van der Waals surface area contributed by atoms with Crippen molar-refractivity contribution in [1.29, 1.82) is 0 Å². The van der Waals surface area contributed by atoms with Gasteiger partial charge < -0.3 is 15.4 Å². The van der Waals surface area contributed by atoms with Crippen LogP contribution >= 0.6 is 12.4 Å². The maximum atomic E-state index is 12.5. The summed E-state index contributed by atoms with van der Waals surface area (Å²) in [6, 6.07) is 5.68. The number of anilines is 1. The molecule has 112 valence electrons. The molecule has 0 radical (unpaired) electrons. The lowest BCUT2D eigenvalue weighted by molar-refractivity contribution is -0.122. The molecule has 1 unspecified atom stereocenters. The maximum absolute atomic E-state index is 12.5. The van der Waals surface area contributed by atoms with E-state index < -0.39 is 5.54 Å². The van der Waals surface area contributed by atoms with Crippen LogP contribution in [0, 0.1) is 6.92 Å². The van der Waals surface area contributed by atoms with Crippen LogP contribution in [0.25, 0.3) is 0 Å². The monoisotopic (exact) mass is 298 g/mol. The van der Waals surface area contributed by atoms with Gasteiger partial charge in [-0.2, -0.15) is 0 Å². The first kappa shape index (κ1) is 16.8. The molecule has 1 aliphatic rings. The number of carbonyl (C=O) groups is 1. The van der Waals surface area contributed by atoms with Crippen LogP contribution in [0.5, 0.6) is 5.75 Å². The van der Waals surface area contributed by atoms with Crippen molar-refractivity contribution in [3.63, 3.8) is 0 Å². The fraction of sp³-hybridized carbons (Fsp3) is 0.533. The smallest absolute Gasteiger partial charge is 0.244 e. The Morgan fingerprint density at radius 1 is 1.50 bits per heavy atom. The number of benzene rings is 1. The average Bonchev–Trinajstić information content (AvgIpc) is 2.91. The van der Waals surface area contributed by atoms with Crippen molar-refractivity contribution >= 4 is 24.0 Å². The molecule has 0 spiro atoms. The summed E-state index contributed by atoms with van der Waals surface area (Å²) in [5.74, 6) is 0.875. The second kappa shape index (κ2) is 6.95. The fourth-order valence-corrected chi connectivity index (χ4v) is 2.61. The number of methoxy groups -OCH3 is 1. The molecule has 5 heteroatoms. The van der Waals surface area contributed by atoms with E-state index in [-0.39, 0.29) is 18.3 Å². The molecule has 4 nitrogen and oxygen atoms in total. The van der Waals surface area contributed by atoms with E-state index in [1.165, 1.54) is 0 Å². The minimum atomic E-state index is -0.396. The molecule has 1 aromatic rings. The third kappa shape index (κ3) is 3.25. The van der Waals surface area contributed by atoms with E-state index in [1.54, 1.807) is 7.11 Å². The Morgan fingerprint density at radius 3 is 2.75 bits per heavy atom. The van der Waals surface area contributed by atoms with Crippen LogP contribution < -0.4 is 15.4 Å². The second-order valence-corrected chi connectivity index (χ2v) is 5.10. The van der Waals surface area contributed by atoms with Crippen LogP contribution in [0.2, 0.25) is 0 Å². The molecule has 2 rings (SSSR count). The van der Waals surface area contributed by atoms with Crippen molar-refractivity contribution < 1.29 is 9.53 Å². The van der Waals surface area contributed by atoms with Gasteiger partial charge in [0.1, 0.15) is 5.75 Å². The first-order valence-electron chi connectivity index (χ1n) is 6.82. The largest absolute Gasteiger partial charge is 0.497 e.